The largest absolute Gasteiger partial charge is 0.498 e. The number of hydrogen-bond acceptors (Lipinski definition) is 11. The molecule has 0 bridgehead atoms. The van der Waals surface area contributed by atoms with E-state index in [1.807, 2.05) is 6.07 Å². The van der Waals surface area contributed by atoms with Crippen LogP contribution in [0.5, 0.6) is 0 Å². The summed E-state index contributed by atoms with van der Waals surface area (Å²) in [7, 11) is 1.41. The van der Waals surface area contributed by atoms with Crippen LogP contribution in [0, 0.1) is 28.8 Å². The molecule has 0 spiro atoms. The number of nitriles is 1. The second kappa shape index (κ2) is 11.4. The molecule has 0 aromatic heterocycles. The number of hydrazone groups is 1. The van der Waals surface area contributed by atoms with Gasteiger partial charge in [-0.1, -0.05) is 11.8 Å². The van der Waals surface area contributed by atoms with Crippen molar-refractivity contribution in [2.45, 2.75) is 30.0 Å². The molecule has 2 aliphatic rings. The van der Waals surface area contributed by atoms with E-state index in [2.05, 4.69) is 15.8 Å². The fraction of sp³-hybridized carbons (Fsp3) is 0.400. The summed E-state index contributed by atoms with van der Waals surface area (Å²) in [5, 5.41) is 35.9. The van der Waals surface area contributed by atoms with Crippen LogP contribution in [-0.2, 0) is 14.2 Å². The molecular formula is C20H22F3N5O5S. The van der Waals surface area contributed by atoms with E-state index in [0.717, 1.165) is 23.9 Å². The molecule has 6 N–H and O–H groups in total. The van der Waals surface area contributed by atoms with Gasteiger partial charge in [0.1, 0.15) is 28.4 Å². The number of nitrogens with zero attached hydrogens (tertiary/aromatic N) is 2. The van der Waals surface area contributed by atoms with Gasteiger partial charge in [0.15, 0.2) is 29.8 Å². The lowest BCUT2D eigenvalue weighted by atomic mass is 10.1. The van der Waals surface area contributed by atoms with Crippen molar-refractivity contribution in [1.82, 2.24) is 10.7 Å². The molecule has 10 nitrogen and oxygen atoms in total. The lowest BCUT2D eigenvalue weighted by Crippen LogP contribution is -2.52. The fourth-order valence-electron chi connectivity index (χ4n) is 3.01. The lowest BCUT2D eigenvalue weighted by molar-refractivity contribution is -0.269. The van der Waals surface area contributed by atoms with Crippen molar-refractivity contribution in [3.63, 3.8) is 0 Å². The Kier molecular flexibility index (Phi) is 8.64. The number of ether oxygens (including phenoxy) is 3. The first-order valence-corrected chi connectivity index (χ1v) is 10.7. The van der Waals surface area contributed by atoms with Crippen LogP contribution in [0.25, 0.3) is 5.70 Å². The Morgan fingerprint density at radius 1 is 1.35 bits per heavy atom. The Morgan fingerprint density at radius 3 is 2.68 bits per heavy atom. The van der Waals surface area contributed by atoms with Crippen LogP contribution >= 0.6 is 11.8 Å². The Bertz CT molecular complexity index is 1010. The molecule has 1 aromatic carbocycles. The number of methoxy groups -OCH3 is 1. The molecule has 1 fully saturated rings. The highest BCUT2D eigenvalue weighted by molar-refractivity contribution is 8.14. The van der Waals surface area contributed by atoms with Gasteiger partial charge >= 0.3 is 0 Å². The zero-order chi connectivity index (χ0) is 24.8. The maximum atomic E-state index is 13.4. The van der Waals surface area contributed by atoms with Crippen LogP contribution in [0.4, 0.5) is 13.2 Å². The molecule has 34 heavy (non-hydrogen) atoms. The second-order valence-corrected chi connectivity index (χ2v) is 8.18. The number of nitrogens with one attached hydrogen (secondary N) is 2. The van der Waals surface area contributed by atoms with Crippen LogP contribution < -0.4 is 16.5 Å². The SMILES string of the molecule is COC1=CC(SC2OC(CO)C(O)OC2CN/C=C(\N)c2cc(F)c(F)c(F)c2)=NNC1C#N. The summed E-state index contributed by atoms with van der Waals surface area (Å²) in [6.07, 6.45) is -0.465. The van der Waals surface area contributed by atoms with E-state index in [-0.39, 0.29) is 17.8 Å². The molecule has 2 heterocycles. The third-order valence-electron chi connectivity index (χ3n) is 4.77. The maximum absolute atomic E-state index is 13.4. The van der Waals surface area contributed by atoms with Crippen molar-refractivity contribution in [1.29, 1.82) is 5.26 Å². The van der Waals surface area contributed by atoms with Gasteiger partial charge in [0.05, 0.1) is 25.5 Å². The van der Waals surface area contributed by atoms with E-state index >= 15 is 0 Å². The van der Waals surface area contributed by atoms with Gasteiger partial charge in [-0.25, -0.2) is 13.2 Å². The number of hydrogen-bond donors (Lipinski definition) is 5. The molecule has 5 unspecified atom stereocenters. The highest BCUT2D eigenvalue weighted by atomic mass is 32.2. The number of halogens is 3. The van der Waals surface area contributed by atoms with Crippen molar-refractivity contribution in [2.24, 2.45) is 10.8 Å². The molecule has 0 amide bonds. The first-order valence-electron chi connectivity index (χ1n) is 9.86. The topological polar surface area (TPSA) is 154 Å². The number of aliphatic hydroxyl groups excluding tert-OH is 2. The lowest BCUT2D eigenvalue weighted by Gasteiger charge is -2.38. The van der Waals surface area contributed by atoms with E-state index in [9.17, 15) is 23.4 Å². The fourth-order valence-corrected chi connectivity index (χ4v) is 4.05. The minimum Gasteiger partial charge on any atom is -0.498 e. The quantitative estimate of drug-likeness (QED) is 0.333. The number of aliphatic hydroxyl groups is 2. The highest BCUT2D eigenvalue weighted by Gasteiger charge is 2.39. The summed E-state index contributed by atoms with van der Waals surface area (Å²) < 4.78 is 56.5. The highest BCUT2D eigenvalue weighted by Crippen LogP contribution is 2.30. The van der Waals surface area contributed by atoms with Gasteiger partial charge in [0.2, 0.25) is 0 Å². The van der Waals surface area contributed by atoms with Crippen molar-refractivity contribution in [3.05, 3.63) is 53.2 Å². The second-order valence-electron chi connectivity index (χ2n) is 7.06. The van der Waals surface area contributed by atoms with Crippen LogP contribution in [0.3, 0.4) is 0 Å². The average molecular weight is 501 g/mol. The first kappa shape index (κ1) is 25.7. The molecule has 1 aromatic rings. The molecule has 0 aliphatic carbocycles. The van der Waals surface area contributed by atoms with E-state index in [0.29, 0.717) is 10.8 Å². The molecule has 1 saturated heterocycles. The van der Waals surface area contributed by atoms with Crippen molar-refractivity contribution >= 4 is 22.5 Å². The Morgan fingerprint density at radius 2 is 2.06 bits per heavy atom. The first-order chi connectivity index (χ1) is 16.3. The molecule has 0 radical (unpaired) electrons. The molecule has 2 aliphatic heterocycles. The summed E-state index contributed by atoms with van der Waals surface area (Å²) in [6, 6.07) is 2.74. The van der Waals surface area contributed by atoms with Crippen LogP contribution in [0.15, 0.2) is 35.3 Å². The van der Waals surface area contributed by atoms with Crippen LogP contribution in [0.1, 0.15) is 5.56 Å². The summed E-state index contributed by atoms with van der Waals surface area (Å²) in [5.41, 5.74) is 7.51. The van der Waals surface area contributed by atoms with Gasteiger partial charge in [-0.05, 0) is 12.1 Å². The minimum absolute atomic E-state index is 0.0160. The summed E-state index contributed by atoms with van der Waals surface area (Å²) in [6.45, 7) is -0.491. The van der Waals surface area contributed by atoms with Gasteiger partial charge < -0.3 is 35.5 Å². The van der Waals surface area contributed by atoms with Gasteiger partial charge in [0.25, 0.3) is 0 Å². The van der Waals surface area contributed by atoms with E-state index in [4.69, 9.17) is 25.2 Å². The Balaban J connectivity index is 1.71. The number of rotatable bonds is 7. The molecule has 0 saturated carbocycles. The van der Waals surface area contributed by atoms with Gasteiger partial charge in [-0.3, -0.25) is 5.43 Å². The van der Waals surface area contributed by atoms with Crippen molar-refractivity contribution < 1.29 is 37.6 Å². The Labute approximate surface area is 196 Å². The van der Waals surface area contributed by atoms with E-state index in [1.165, 1.54) is 19.4 Å². The third-order valence-corrected chi connectivity index (χ3v) is 5.87. The molecule has 184 valence electrons. The summed E-state index contributed by atoms with van der Waals surface area (Å²) in [5.74, 6) is -4.03. The van der Waals surface area contributed by atoms with Crippen molar-refractivity contribution in [3.8, 4) is 6.07 Å². The monoisotopic (exact) mass is 501 g/mol. The van der Waals surface area contributed by atoms with Gasteiger partial charge in [0, 0.05) is 24.4 Å². The van der Waals surface area contributed by atoms with Gasteiger partial charge in [-0.15, -0.1) is 0 Å². The normalized spacial score (nSPS) is 27.2. The number of benzene rings is 1. The molecule has 3 rings (SSSR count). The van der Waals surface area contributed by atoms with Crippen LogP contribution in [0.2, 0.25) is 0 Å². The summed E-state index contributed by atoms with van der Waals surface area (Å²) >= 11 is 1.08. The zero-order valence-corrected chi connectivity index (χ0v) is 18.6. The predicted molar refractivity (Wildman–Crippen MR) is 116 cm³/mol. The molecular weight excluding hydrogens is 479 g/mol. The van der Waals surface area contributed by atoms with Crippen molar-refractivity contribution in [2.75, 3.05) is 20.3 Å². The van der Waals surface area contributed by atoms with E-state index < -0.39 is 54.0 Å². The minimum atomic E-state index is -1.60. The predicted octanol–water partition coefficient (Wildman–Crippen LogP) is 0.444. The smallest absolute Gasteiger partial charge is 0.194 e. The number of thioether (sulfide) groups is 1. The van der Waals surface area contributed by atoms with Gasteiger partial charge in [-0.2, -0.15) is 10.4 Å². The summed E-state index contributed by atoms with van der Waals surface area (Å²) in [4.78, 5) is 0. The zero-order valence-electron chi connectivity index (χ0n) is 17.7. The van der Waals surface area contributed by atoms with Crippen LogP contribution in [-0.4, -0.2) is 65.5 Å². The number of nitrogens with two attached hydrogens (primary N) is 1. The molecule has 5 atom stereocenters. The Hall–Kier alpha value is -2.96. The van der Waals surface area contributed by atoms with E-state index in [1.54, 1.807) is 0 Å². The average Bonchev–Trinajstić information content (AvgIpc) is 2.83. The standard InChI is InChI=1S/C20H22F3N5O5S/c1-31-14-4-17(28-27-13(14)5-24)34-20-15(32-19(30)16(8-29)33-20)7-26-6-12(25)9-2-10(21)18(23)11(22)3-9/h2-4,6,13,15-16,19-20,26-27,29-30H,7-8,25H2,1H3/b12-6-. The maximum Gasteiger partial charge on any atom is 0.194 e. The molecule has 14 heteroatoms. The third kappa shape index (κ3) is 5.93.